The zero-order valence-corrected chi connectivity index (χ0v) is 17.0. The Balaban J connectivity index is 1.28. The molecule has 2 aliphatic rings. The zero-order chi connectivity index (χ0) is 20.2. The lowest BCUT2D eigenvalue weighted by Crippen LogP contribution is -2.44. The van der Waals surface area contributed by atoms with E-state index in [1.807, 2.05) is 40.9 Å². The number of nitrogens with one attached hydrogen (secondary N) is 1. The van der Waals surface area contributed by atoms with Crippen molar-refractivity contribution >= 4 is 11.9 Å². The normalized spacial score (nSPS) is 17.8. The van der Waals surface area contributed by atoms with Crippen molar-refractivity contribution < 1.29 is 9.59 Å². The van der Waals surface area contributed by atoms with Crippen LogP contribution < -0.4 is 5.32 Å². The maximum Gasteiger partial charge on any atom is 0.317 e. The smallest absolute Gasteiger partial charge is 0.317 e. The van der Waals surface area contributed by atoms with Gasteiger partial charge in [0.2, 0.25) is 0 Å². The van der Waals surface area contributed by atoms with E-state index in [0.717, 1.165) is 57.6 Å². The van der Waals surface area contributed by atoms with Gasteiger partial charge in [0, 0.05) is 45.7 Å². The Labute approximate surface area is 171 Å². The maximum absolute atomic E-state index is 12.5. The SMILES string of the molecule is CN1CCCn2nc(C3CCN(C(=O)NCCc4ccccc4)CC3)cc2C1=O. The van der Waals surface area contributed by atoms with E-state index < -0.39 is 0 Å². The van der Waals surface area contributed by atoms with Crippen LogP contribution in [0.5, 0.6) is 0 Å². The summed E-state index contributed by atoms with van der Waals surface area (Å²) < 4.78 is 1.86. The molecule has 7 heteroatoms. The summed E-state index contributed by atoms with van der Waals surface area (Å²) in [7, 11) is 1.85. The molecular formula is C22H29N5O2. The number of nitrogens with zero attached hydrogens (tertiary/aromatic N) is 4. The highest BCUT2D eigenvalue weighted by Crippen LogP contribution is 2.28. The predicted molar refractivity (Wildman–Crippen MR) is 111 cm³/mol. The topological polar surface area (TPSA) is 70.5 Å². The number of fused-ring (bicyclic) bond motifs is 1. The molecule has 1 saturated heterocycles. The summed E-state index contributed by atoms with van der Waals surface area (Å²) in [5.41, 5.74) is 2.92. The first-order valence-corrected chi connectivity index (χ1v) is 10.5. The number of carbonyl (C=O) groups is 2. The summed E-state index contributed by atoms with van der Waals surface area (Å²) in [5, 5.41) is 7.75. The number of carbonyl (C=O) groups excluding carboxylic acids is 2. The minimum atomic E-state index is 0.0109. The molecule has 3 amide bonds. The van der Waals surface area contributed by atoms with Crippen LogP contribution in [0.2, 0.25) is 0 Å². The first kappa shape index (κ1) is 19.5. The van der Waals surface area contributed by atoms with Gasteiger partial charge in [-0.2, -0.15) is 5.10 Å². The van der Waals surface area contributed by atoms with E-state index in [2.05, 4.69) is 17.4 Å². The van der Waals surface area contributed by atoms with Crippen molar-refractivity contribution in [2.24, 2.45) is 0 Å². The van der Waals surface area contributed by atoms with Crippen LogP contribution in [-0.4, -0.2) is 64.7 Å². The van der Waals surface area contributed by atoms with Gasteiger partial charge in [0.15, 0.2) is 0 Å². The first-order valence-electron chi connectivity index (χ1n) is 10.5. The molecule has 29 heavy (non-hydrogen) atoms. The summed E-state index contributed by atoms with van der Waals surface area (Å²) in [6.45, 7) is 3.64. The first-order chi connectivity index (χ1) is 14.1. The monoisotopic (exact) mass is 395 g/mol. The van der Waals surface area contributed by atoms with Gasteiger partial charge >= 0.3 is 6.03 Å². The minimum Gasteiger partial charge on any atom is -0.340 e. The molecule has 1 fully saturated rings. The molecular weight excluding hydrogens is 366 g/mol. The average Bonchev–Trinajstić information content (AvgIpc) is 3.12. The van der Waals surface area contributed by atoms with Gasteiger partial charge in [-0.15, -0.1) is 0 Å². The summed E-state index contributed by atoms with van der Waals surface area (Å²) in [6.07, 6.45) is 3.53. The second kappa shape index (κ2) is 8.68. The van der Waals surface area contributed by atoms with Crippen LogP contribution >= 0.6 is 0 Å². The lowest BCUT2D eigenvalue weighted by Gasteiger charge is -2.31. The third kappa shape index (κ3) is 4.44. The summed E-state index contributed by atoms with van der Waals surface area (Å²) in [6, 6.07) is 12.2. The molecule has 0 aliphatic carbocycles. The quantitative estimate of drug-likeness (QED) is 0.865. The van der Waals surface area contributed by atoms with Gasteiger partial charge in [-0.05, 0) is 37.3 Å². The largest absolute Gasteiger partial charge is 0.340 e. The summed E-state index contributed by atoms with van der Waals surface area (Å²) in [4.78, 5) is 28.6. The number of urea groups is 1. The van der Waals surface area contributed by atoms with E-state index in [1.165, 1.54) is 5.56 Å². The van der Waals surface area contributed by atoms with Crippen LogP contribution in [0.1, 0.15) is 46.9 Å². The van der Waals surface area contributed by atoms with E-state index >= 15 is 0 Å². The van der Waals surface area contributed by atoms with Crippen LogP contribution in [0, 0.1) is 0 Å². The fourth-order valence-electron chi connectivity index (χ4n) is 4.18. The Morgan fingerprint density at radius 3 is 2.66 bits per heavy atom. The minimum absolute atomic E-state index is 0.0109. The molecule has 4 rings (SSSR count). The van der Waals surface area contributed by atoms with E-state index in [4.69, 9.17) is 5.10 Å². The molecule has 0 saturated carbocycles. The molecule has 0 radical (unpaired) electrons. The molecule has 1 aromatic heterocycles. The van der Waals surface area contributed by atoms with Crippen molar-refractivity contribution in [1.82, 2.24) is 24.9 Å². The van der Waals surface area contributed by atoms with E-state index in [-0.39, 0.29) is 11.9 Å². The number of hydrogen-bond acceptors (Lipinski definition) is 3. The van der Waals surface area contributed by atoms with Gasteiger partial charge in [0.05, 0.1) is 5.69 Å². The average molecular weight is 396 g/mol. The van der Waals surface area contributed by atoms with Crippen molar-refractivity contribution in [2.45, 2.75) is 38.1 Å². The van der Waals surface area contributed by atoms with Crippen LogP contribution in [0.4, 0.5) is 4.79 Å². The van der Waals surface area contributed by atoms with E-state index in [1.54, 1.807) is 4.90 Å². The van der Waals surface area contributed by atoms with Gasteiger partial charge in [-0.25, -0.2) is 4.79 Å². The van der Waals surface area contributed by atoms with Gasteiger partial charge < -0.3 is 15.1 Å². The lowest BCUT2D eigenvalue weighted by molar-refractivity contribution is 0.0796. The number of amides is 3. The second-order valence-electron chi connectivity index (χ2n) is 7.99. The highest BCUT2D eigenvalue weighted by Gasteiger charge is 2.28. The highest BCUT2D eigenvalue weighted by molar-refractivity contribution is 5.92. The molecule has 0 bridgehead atoms. The molecule has 1 N–H and O–H groups in total. The van der Waals surface area contributed by atoms with Crippen molar-refractivity contribution in [3.05, 3.63) is 53.3 Å². The third-order valence-electron chi connectivity index (χ3n) is 5.96. The fourth-order valence-corrected chi connectivity index (χ4v) is 4.18. The second-order valence-corrected chi connectivity index (χ2v) is 7.99. The molecule has 0 atom stereocenters. The van der Waals surface area contributed by atoms with Gasteiger partial charge in [-0.1, -0.05) is 30.3 Å². The Morgan fingerprint density at radius 2 is 1.90 bits per heavy atom. The molecule has 2 aromatic rings. The van der Waals surface area contributed by atoms with Crippen molar-refractivity contribution in [3.8, 4) is 0 Å². The number of rotatable bonds is 4. The zero-order valence-electron chi connectivity index (χ0n) is 17.0. The summed E-state index contributed by atoms with van der Waals surface area (Å²) >= 11 is 0. The van der Waals surface area contributed by atoms with Gasteiger partial charge in [0.1, 0.15) is 5.69 Å². The standard InChI is InChI=1S/C22H29N5O2/c1-25-12-5-13-27-20(21(25)28)16-19(24-27)18-9-14-26(15-10-18)22(29)23-11-8-17-6-3-2-4-7-17/h2-4,6-7,16,18H,5,8-15H2,1H3,(H,23,29). The van der Waals surface area contributed by atoms with Crippen molar-refractivity contribution in [3.63, 3.8) is 0 Å². The highest BCUT2D eigenvalue weighted by atomic mass is 16.2. The molecule has 154 valence electrons. The molecule has 2 aliphatic heterocycles. The fraction of sp³-hybridized carbons (Fsp3) is 0.500. The number of piperidine rings is 1. The number of benzene rings is 1. The summed E-state index contributed by atoms with van der Waals surface area (Å²) in [5.74, 6) is 0.359. The van der Waals surface area contributed by atoms with Crippen molar-refractivity contribution in [1.29, 1.82) is 0 Å². The molecule has 0 spiro atoms. The maximum atomic E-state index is 12.5. The Hall–Kier alpha value is -2.83. The Bertz CT molecular complexity index is 855. The van der Waals surface area contributed by atoms with E-state index in [0.29, 0.717) is 18.2 Å². The van der Waals surface area contributed by atoms with Gasteiger partial charge in [-0.3, -0.25) is 9.48 Å². The number of aromatic nitrogens is 2. The number of aryl methyl sites for hydroxylation is 1. The van der Waals surface area contributed by atoms with Crippen molar-refractivity contribution in [2.75, 3.05) is 33.2 Å². The molecule has 3 heterocycles. The van der Waals surface area contributed by atoms with Crippen LogP contribution in [0.25, 0.3) is 0 Å². The van der Waals surface area contributed by atoms with Gasteiger partial charge in [0.25, 0.3) is 5.91 Å². The lowest BCUT2D eigenvalue weighted by atomic mass is 9.93. The molecule has 1 aromatic carbocycles. The van der Waals surface area contributed by atoms with E-state index in [9.17, 15) is 9.59 Å². The number of likely N-dealkylation sites (tertiary alicyclic amines) is 1. The molecule has 0 unspecified atom stereocenters. The Kier molecular flexibility index (Phi) is 5.83. The number of hydrogen-bond donors (Lipinski definition) is 1. The third-order valence-corrected chi connectivity index (χ3v) is 5.96. The molecule has 7 nitrogen and oxygen atoms in total. The van der Waals surface area contributed by atoms with Crippen LogP contribution in [0.15, 0.2) is 36.4 Å². The predicted octanol–water partition coefficient (Wildman–Crippen LogP) is 2.49. The van der Waals surface area contributed by atoms with Crippen LogP contribution in [0.3, 0.4) is 0 Å². The Morgan fingerprint density at radius 1 is 1.14 bits per heavy atom. The van der Waals surface area contributed by atoms with Crippen LogP contribution in [-0.2, 0) is 13.0 Å².